The van der Waals surface area contributed by atoms with Crippen molar-refractivity contribution in [2.75, 3.05) is 13.1 Å². The van der Waals surface area contributed by atoms with Crippen LogP contribution < -0.4 is 0 Å². The van der Waals surface area contributed by atoms with Crippen molar-refractivity contribution in [2.24, 2.45) is 0 Å². The summed E-state index contributed by atoms with van der Waals surface area (Å²) in [4.78, 5) is 7.41. The first-order valence-corrected chi connectivity index (χ1v) is 6.59. The maximum absolute atomic E-state index is 4.90. The summed E-state index contributed by atoms with van der Waals surface area (Å²) in [5.74, 6) is 0. The predicted octanol–water partition coefficient (Wildman–Crippen LogP) is 2.34. The summed E-state index contributed by atoms with van der Waals surface area (Å²) in [5, 5.41) is 0. The summed E-state index contributed by atoms with van der Waals surface area (Å²) in [6, 6.07) is 2.44. The van der Waals surface area contributed by atoms with Crippen LogP contribution in [0, 0.1) is 0 Å². The highest BCUT2D eigenvalue weighted by Gasteiger charge is 2.19. The lowest BCUT2D eigenvalue weighted by Gasteiger charge is -2.28. The first-order chi connectivity index (χ1) is 7.86. The van der Waals surface area contributed by atoms with Gasteiger partial charge in [0.15, 0.2) is 0 Å². The average Bonchev–Trinajstić information content (AvgIpc) is 2.35. The monoisotopic (exact) mass is 216 g/mol. The number of hydrogen-bond donors (Lipinski definition) is 0. The predicted molar refractivity (Wildman–Crippen MR) is 65.5 cm³/mol. The third kappa shape index (κ3) is 1.75. The minimum Gasteiger partial charge on any atom is -0.299 e. The third-order valence-corrected chi connectivity index (χ3v) is 3.98. The second-order valence-electron chi connectivity index (χ2n) is 5.03. The van der Waals surface area contributed by atoms with Crippen LogP contribution in [-0.2, 0) is 25.8 Å². The Morgan fingerprint density at radius 2 is 1.94 bits per heavy atom. The molecule has 0 amide bonds. The molecule has 0 saturated heterocycles. The van der Waals surface area contributed by atoms with E-state index in [-0.39, 0.29) is 0 Å². The normalized spacial score (nSPS) is 20.3. The molecule has 0 aromatic carbocycles. The van der Waals surface area contributed by atoms with Crippen LogP contribution >= 0.6 is 0 Å². The molecular weight excluding hydrogens is 196 g/mol. The lowest BCUT2D eigenvalue weighted by atomic mass is 9.92. The minimum absolute atomic E-state index is 1.12. The number of hydrogen-bond acceptors (Lipinski definition) is 2. The summed E-state index contributed by atoms with van der Waals surface area (Å²) < 4.78 is 0. The molecule has 2 heteroatoms. The number of aromatic nitrogens is 1. The van der Waals surface area contributed by atoms with Gasteiger partial charge in [-0.3, -0.25) is 9.88 Å². The molecule has 0 unspecified atom stereocenters. The number of aryl methyl sites for hydroxylation is 2. The minimum atomic E-state index is 1.12. The van der Waals surface area contributed by atoms with Gasteiger partial charge in [-0.05, 0) is 43.4 Å². The fourth-order valence-electron chi connectivity index (χ4n) is 2.93. The lowest BCUT2D eigenvalue weighted by molar-refractivity contribution is 0.265. The van der Waals surface area contributed by atoms with Crippen molar-refractivity contribution >= 4 is 0 Å². The van der Waals surface area contributed by atoms with Gasteiger partial charge in [0.25, 0.3) is 0 Å². The summed E-state index contributed by atoms with van der Waals surface area (Å²) >= 11 is 0. The molecule has 0 bridgehead atoms. The summed E-state index contributed by atoms with van der Waals surface area (Å²) in [6.45, 7) is 5.72. The van der Waals surface area contributed by atoms with Crippen LogP contribution in [-0.4, -0.2) is 23.0 Å². The van der Waals surface area contributed by atoms with Crippen molar-refractivity contribution in [2.45, 2.75) is 45.6 Å². The van der Waals surface area contributed by atoms with E-state index in [4.69, 9.17) is 4.98 Å². The topological polar surface area (TPSA) is 16.1 Å². The zero-order valence-electron chi connectivity index (χ0n) is 10.1. The van der Waals surface area contributed by atoms with Crippen LogP contribution in [0.5, 0.6) is 0 Å². The van der Waals surface area contributed by atoms with Crippen molar-refractivity contribution in [3.8, 4) is 0 Å². The lowest BCUT2D eigenvalue weighted by Crippen LogP contribution is -2.31. The van der Waals surface area contributed by atoms with Gasteiger partial charge in [-0.15, -0.1) is 0 Å². The largest absolute Gasteiger partial charge is 0.299 e. The van der Waals surface area contributed by atoms with E-state index in [1.165, 1.54) is 54.7 Å². The molecule has 3 rings (SSSR count). The van der Waals surface area contributed by atoms with Crippen molar-refractivity contribution in [3.05, 3.63) is 28.6 Å². The first kappa shape index (κ1) is 10.3. The Labute approximate surface area is 97.7 Å². The average molecular weight is 216 g/mol. The third-order valence-electron chi connectivity index (χ3n) is 3.98. The number of likely N-dealkylation sites (N-methyl/N-ethyl adjacent to an activating group) is 1. The van der Waals surface area contributed by atoms with E-state index in [2.05, 4.69) is 17.9 Å². The molecule has 86 valence electrons. The molecule has 2 aliphatic rings. The number of fused-ring (bicyclic) bond motifs is 2. The van der Waals surface area contributed by atoms with Crippen LogP contribution in [0.1, 0.15) is 42.3 Å². The molecule has 1 aliphatic carbocycles. The molecule has 1 aromatic rings. The highest BCUT2D eigenvalue weighted by Crippen LogP contribution is 2.25. The van der Waals surface area contributed by atoms with Gasteiger partial charge in [0.2, 0.25) is 0 Å². The van der Waals surface area contributed by atoms with Crippen molar-refractivity contribution in [3.63, 3.8) is 0 Å². The van der Waals surface area contributed by atoms with E-state index in [0.717, 1.165) is 19.5 Å². The SMILES string of the molecule is CCN1CCc2nc3c(cc2C1)CCCC3. The molecule has 0 saturated carbocycles. The maximum atomic E-state index is 4.90. The molecule has 1 aliphatic heterocycles. The van der Waals surface area contributed by atoms with Gasteiger partial charge in [0.1, 0.15) is 0 Å². The summed E-state index contributed by atoms with van der Waals surface area (Å²) in [5.41, 5.74) is 5.80. The van der Waals surface area contributed by atoms with Crippen LogP contribution in [0.15, 0.2) is 6.07 Å². The van der Waals surface area contributed by atoms with E-state index in [1.54, 1.807) is 0 Å². The van der Waals surface area contributed by atoms with Gasteiger partial charge < -0.3 is 0 Å². The first-order valence-electron chi connectivity index (χ1n) is 6.59. The highest BCUT2D eigenvalue weighted by molar-refractivity contribution is 5.33. The Kier molecular flexibility index (Phi) is 2.68. The molecule has 0 fully saturated rings. The van der Waals surface area contributed by atoms with Crippen molar-refractivity contribution in [1.82, 2.24) is 9.88 Å². The Morgan fingerprint density at radius 3 is 2.81 bits per heavy atom. The van der Waals surface area contributed by atoms with E-state index >= 15 is 0 Å². The van der Waals surface area contributed by atoms with Crippen LogP contribution in [0.25, 0.3) is 0 Å². The molecule has 0 radical (unpaired) electrons. The maximum Gasteiger partial charge on any atom is 0.0464 e. The smallest absolute Gasteiger partial charge is 0.0464 e. The quantitative estimate of drug-likeness (QED) is 0.716. The summed E-state index contributed by atoms with van der Waals surface area (Å²) in [6.07, 6.45) is 6.29. The number of pyridine rings is 1. The molecule has 16 heavy (non-hydrogen) atoms. The Balaban J connectivity index is 1.95. The number of nitrogens with zero attached hydrogens (tertiary/aromatic N) is 2. The highest BCUT2D eigenvalue weighted by atomic mass is 15.1. The fourth-order valence-corrected chi connectivity index (χ4v) is 2.93. The Bertz CT molecular complexity index is 398. The van der Waals surface area contributed by atoms with Crippen LogP contribution in [0.2, 0.25) is 0 Å². The van der Waals surface area contributed by atoms with Gasteiger partial charge in [-0.1, -0.05) is 13.0 Å². The zero-order chi connectivity index (χ0) is 11.0. The molecule has 0 N–H and O–H groups in total. The van der Waals surface area contributed by atoms with Gasteiger partial charge in [0.05, 0.1) is 0 Å². The molecule has 0 atom stereocenters. The van der Waals surface area contributed by atoms with Crippen LogP contribution in [0.4, 0.5) is 0 Å². The van der Waals surface area contributed by atoms with Gasteiger partial charge in [-0.2, -0.15) is 0 Å². The molecule has 2 heterocycles. The van der Waals surface area contributed by atoms with E-state index < -0.39 is 0 Å². The zero-order valence-corrected chi connectivity index (χ0v) is 10.1. The standard InChI is InChI=1S/C14H20N2/c1-2-16-8-7-14-12(10-16)9-11-5-3-4-6-13(11)15-14/h9H,2-8,10H2,1H3. The number of rotatable bonds is 1. The fraction of sp³-hybridized carbons (Fsp3) is 0.643. The van der Waals surface area contributed by atoms with Crippen molar-refractivity contribution < 1.29 is 0 Å². The van der Waals surface area contributed by atoms with E-state index in [1.807, 2.05) is 0 Å². The second kappa shape index (κ2) is 4.17. The molecule has 0 spiro atoms. The van der Waals surface area contributed by atoms with Gasteiger partial charge in [0, 0.05) is 30.9 Å². The second-order valence-corrected chi connectivity index (χ2v) is 5.03. The van der Waals surface area contributed by atoms with Gasteiger partial charge in [-0.25, -0.2) is 0 Å². The van der Waals surface area contributed by atoms with E-state index in [9.17, 15) is 0 Å². The Morgan fingerprint density at radius 1 is 1.12 bits per heavy atom. The van der Waals surface area contributed by atoms with Gasteiger partial charge >= 0.3 is 0 Å². The van der Waals surface area contributed by atoms with Crippen LogP contribution in [0.3, 0.4) is 0 Å². The summed E-state index contributed by atoms with van der Waals surface area (Å²) in [7, 11) is 0. The van der Waals surface area contributed by atoms with E-state index in [0.29, 0.717) is 0 Å². The molecule has 1 aromatic heterocycles. The molecular formula is C14H20N2. The van der Waals surface area contributed by atoms with Crippen molar-refractivity contribution in [1.29, 1.82) is 0 Å². The Hall–Kier alpha value is -0.890. The molecule has 2 nitrogen and oxygen atoms in total.